The number of sulfone groups is 1. The predicted octanol–water partition coefficient (Wildman–Crippen LogP) is 3.21. The van der Waals surface area contributed by atoms with Crippen LogP contribution >= 0.6 is 23.2 Å². The predicted molar refractivity (Wildman–Crippen MR) is 74.8 cm³/mol. The third-order valence-electron chi connectivity index (χ3n) is 2.54. The Bertz CT molecular complexity index is 601. The molecule has 0 saturated heterocycles. The summed E-state index contributed by atoms with van der Waals surface area (Å²) in [5, 5.41) is 10.5. The fourth-order valence-corrected chi connectivity index (χ4v) is 4.06. The summed E-state index contributed by atoms with van der Waals surface area (Å²) < 4.78 is 24.3. The number of hydrogen-bond acceptors (Lipinski definition) is 4. The lowest BCUT2D eigenvalue weighted by Crippen LogP contribution is -2.16. The van der Waals surface area contributed by atoms with Crippen molar-refractivity contribution in [1.29, 1.82) is 0 Å². The SMILES string of the molecule is Cc1cc([N+](=O)[O-])c(Cl)cc1S(=O)(=O)CC(C)CCl. The molecule has 8 heteroatoms. The van der Waals surface area contributed by atoms with Gasteiger partial charge < -0.3 is 0 Å². The smallest absolute Gasteiger partial charge is 0.258 e. The second-order valence-electron chi connectivity index (χ2n) is 4.37. The second-order valence-corrected chi connectivity index (χ2v) is 7.09. The van der Waals surface area contributed by atoms with Crippen molar-refractivity contribution < 1.29 is 13.3 Å². The first-order chi connectivity index (χ1) is 8.69. The molecule has 0 heterocycles. The zero-order chi connectivity index (χ0) is 14.8. The van der Waals surface area contributed by atoms with E-state index < -0.39 is 14.8 Å². The molecule has 0 aliphatic heterocycles. The van der Waals surface area contributed by atoms with Gasteiger partial charge in [-0.15, -0.1) is 11.6 Å². The van der Waals surface area contributed by atoms with E-state index in [1.54, 1.807) is 6.92 Å². The first-order valence-corrected chi connectivity index (χ1v) is 7.98. The van der Waals surface area contributed by atoms with E-state index in [-0.39, 0.29) is 33.2 Å². The highest BCUT2D eigenvalue weighted by molar-refractivity contribution is 7.91. The molecule has 1 aromatic carbocycles. The molecular weight excluding hydrogens is 313 g/mol. The van der Waals surface area contributed by atoms with Crippen LogP contribution in [0.15, 0.2) is 17.0 Å². The third-order valence-corrected chi connectivity index (χ3v) is 5.49. The lowest BCUT2D eigenvalue weighted by atomic mass is 10.2. The molecule has 1 atom stereocenters. The molecule has 0 spiro atoms. The van der Waals surface area contributed by atoms with Crippen molar-refractivity contribution >= 4 is 38.7 Å². The van der Waals surface area contributed by atoms with Gasteiger partial charge in [-0.2, -0.15) is 0 Å². The largest absolute Gasteiger partial charge is 0.288 e. The van der Waals surface area contributed by atoms with E-state index in [0.29, 0.717) is 5.56 Å². The van der Waals surface area contributed by atoms with Gasteiger partial charge in [0.1, 0.15) is 5.02 Å². The average molecular weight is 326 g/mol. The van der Waals surface area contributed by atoms with Gasteiger partial charge in [0.05, 0.1) is 15.6 Å². The van der Waals surface area contributed by atoms with Gasteiger partial charge in [0, 0.05) is 11.9 Å². The van der Waals surface area contributed by atoms with E-state index in [1.807, 2.05) is 0 Å². The molecule has 0 bridgehead atoms. The van der Waals surface area contributed by atoms with Crippen LogP contribution in [0.1, 0.15) is 12.5 Å². The van der Waals surface area contributed by atoms with Crippen molar-refractivity contribution in [3.05, 3.63) is 32.8 Å². The van der Waals surface area contributed by atoms with Gasteiger partial charge in [-0.3, -0.25) is 10.1 Å². The summed E-state index contributed by atoms with van der Waals surface area (Å²) in [5.74, 6) is -0.107. The van der Waals surface area contributed by atoms with Crippen molar-refractivity contribution in [2.24, 2.45) is 5.92 Å². The first-order valence-electron chi connectivity index (χ1n) is 5.42. The highest BCUT2D eigenvalue weighted by atomic mass is 35.5. The van der Waals surface area contributed by atoms with Crippen LogP contribution in [0.4, 0.5) is 5.69 Å². The Morgan fingerprint density at radius 3 is 2.47 bits per heavy atom. The number of nitro benzene ring substituents is 1. The Balaban J connectivity index is 3.29. The molecule has 0 aromatic heterocycles. The summed E-state index contributed by atoms with van der Waals surface area (Å²) in [7, 11) is -3.56. The fourth-order valence-electron chi connectivity index (χ4n) is 1.63. The fraction of sp³-hybridized carbons (Fsp3) is 0.455. The van der Waals surface area contributed by atoms with E-state index in [2.05, 4.69) is 0 Å². The van der Waals surface area contributed by atoms with Crippen LogP contribution in [-0.4, -0.2) is 25.0 Å². The molecule has 0 aliphatic rings. The molecule has 0 aliphatic carbocycles. The number of alkyl halides is 1. The summed E-state index contributed by atoms with van der Waals surface area (Å²) in [6.07, 6.45) is 0. The minimum atomic E-state index is -3.56. The van der Waals surface area contributed by atoms with Crippen LogP contribution in [0.25, 0.3) is 0 Å². The Morgan fingerprint density at radius 1 is 1.42 bits per heavy atom. The highest BCUT2D eigenvalue weighted by Crippen LogP contribution is 2.31. The maximum Gasteiger partial charge on any atom is 0.288 e. The molecule has 1 aromatic rings. The van der Waals surface area contributed by atoms with Gasteiger partial charge in [0.25, 0.3) is 5.69 Å². The summed E-state index contributed by atoms with van der Waals surface area (Å²) >= 11 is 11.3. The molecule has 106 valence electrons. The van der Waals surface area contributed by atoms with Crippen LogP contribution in [0.5, 0.6) is 0 Å². The van der Waals surface area contributed by atoms with Gasteiger partial charge in [-0.25, -0.2) is 8.42 Å². The Kier molecular flexibility index (Phi) is 5.18. The topological polar surface area (TPSA) is 77.3 Å². The molecule has 0 amide bonds. The molecule has 0 N–H and O–H groups in total. The van der Waals surface area contributed by atoms with E-state index in [4.69, 9.17) is 23.2 Å². The zero-order valence-electron chi connectivity index (χ0n) is 10.4. The average Bonchev–Trinajstić information content (AvgIpc) is 2.30. The van der Waals surface area contributed by atoms with Crippen LogP contribution in [-0.2, 0) is 9.84 Å². The monoisotopic (exact) mass is 325 g/mol. The van der Waals surface area contributed by atoms with Crippen molar-refractivity contribution in [2.75, 3.05) is 11.6 Å². The highest BCUT2D eigenvalue weighted by Gasteiger charge is 2.24. The van der Waals surface area contributed by atoms with Crippen LogP contribution in [0.3, 0.4) is 0 Å². The summed E-state index contributed by atoms with van der Waals surface area (Å²) in [6.45, 7) is 3.22. The standard InChI is InChI=1S/C11H13Cl2NO4S/c1-7(5-12)6-19(17,18)11-4-9(13)10(14(15)16)3-8(11)2/h3-4,7H,5-6H2,1-2H3. The summed E-state index contributed by atoms with van der Waals surface area (Å²) in [6, 6.07) is 2.30. The third kappa shape index (κ3) is 3.81. The summed E-state index contributed by atoms with van der Waals surface area (Å²) in [4.78, 5) is 10.1. The van der Waals surface area contributed by atoms with Gasteiger partial charge in [-0.05, 0) is 24.5 Å². The molecule has 1 unspecified atom stereocenters. The molecule has 0 fully saturated rings. The molecule has 0 saturated carbocycles. The number of halogens is 2. The van der Waals surface area contributed by atoms with E-state index >= 15 is 0 Å². The van der Waals surface area contributed by atoms with Crippen molar-refractivity contribution in [3.63, 3.8) is 0 Å². The van der Waals surface area contributed by atoms with Gasteiger partial charge in [0.15, 0.2) is 9.84 Å². The second kappa shape index (κ2) is 6.07. The number of nitrogens with zero attached hydrogens (tertiary/aromatic N) is 1. The number of hydrogen-bond donors (Lipinski definition) is 0. The van der Waals surface area contributed by atoms with Crippen LogP contribution < -0.4 is 0 Å². The van der Waals surface area contributed by atoms with Crippen molar-refractivity contribution in [2.45, 2.75) is 18.7 Å². The Hall–Kier alpha value is -0.850. The van der Waals surface area contributed by atoms with Crippen molar-refractivity contribution in [1.82, 2.24) is 0 Å². The van der Waals surface area contributed by atoms with Gasteiger partial charge in [-0.1, -0.05) is 18.5 Å². The first kappa shape index (κ1) is 16.2. The van der Waals surface area contributed by atoms with Gasteiger partial charge in [0.2, 0.25) is 0 Å². The number of rotatable bonds is 5. The molecular formula is C11H13Cl2NO4S. The zero-order valence-corrected chi connectivity index (χ0v) is 12.7. The van der Waals surface area contributed by atoms with Gasteiger partial charge >= 0.3 is 0 Å². The lowest BCUT2D eigenvalue weighted by Gasteiger charge is -2.11. The number of nitro groups is 1. The molecule has 5 nitrogen and oxygen atoms in total. The van der Waals surface area contributed by atoms with E-state index in [9.17, 15) is 18.5 Å². The van der Waals surface area contributed by atoms with E-state index in [1.165, 1.54) is 13.0 Å². The molecule has 1 rings (SSSR count). The normalized spacial score (nSPS) is 13.3. The van der Waals surface area contributed by atoms with Crippen molar-refractivity contribution in [3.8, 4) is 0 Å². The summed E-state index contributed by atoms with van der Waals surface area (Å²) in [5.41, 5.74) is 0.00128. The minimum absolute atomic E-state index is 0.0140. The molecule has 0 radical (unpaired) electrons. The number of benzene rings is 1. The molecule has 19 heavy (non-hydrogen) atoms. The number of aryl methyl sites for hydroxylation is 1. The lowest BCUT2D eigenvalue weighted by molar-refractivity contribution is -0.384. The Morgan fingerprint density at radius 2 is 2.00 bits per heavy atom. The van der Waals surface area contributed by atoms with Crippen LogP contribution in [0.2, 0.25) is 5.02 Å². The van der Waals surface area contributed by atoms with Crippen LogP contribution in [0, 0.1) is 23.0 Å². The van der Waals surface area contributed by atoms with E-state index in [0.717, 1.165) is 6.07 Å². The minimum Gasteiger partial charge on any atom is -0.258 e. The quantitative estimate of drug-likeness (QED) is 0.473. The Labute approximate surface area is 121 Å². The maximum absolute atomic E-state index is 12.2. The maximum atomic E-state index is 12.2.